The second-order valence-corrected chi connectivity index (χ2v) is 4.85. The maximum absolute atomic E-state index is 11.1. The first kappa shape index (κ1) is 13.8. The molecule has 102 valence electrons. The molecule has 1 aromatic rings. The van der Waals surface area contributed by atoms with Crippen LogP contribution in [0.3, 0.4) is 0 Å². The monoisotopic (exact) mass is 280 g/mol. The number of carboxylic acid groups (broad SMARTS) is 1. The van der Waals surface area contributed by atoms with E-state index in [0.29, 0.717) is 19.4 Å². The first-order valence-electron chi connectivity index (χ1n) is 6.10. The highest BCUT2D eigenvalue weighted by atomic mass is 32.1. The number of hydrogen-bond donors (Lipinski definition) is 3. The zero-order valence-corrected chi connectivity index (χ0v) is 11.1. The molecule has 0 saturated carbocycles. The van der Waals surface area contributed by atoms with Gasteiger partial charge in [0.05, 0.1) is 0 Å². The summed E-state index contributed by atoms with van der Waals surface area (Å²) in [6, 6.07) is 8.92. The maximum atomic E-state index is 11.1. The van der Waals surface area contributed by atoms with Crippen LogP contribution in [0.4, 0.5) is 0 Å². The third kappa shape index (κ3) is 3.21. The third-order valence-electron chi connectivity index (χ3n) is 3.16. The van der Waals surface area contributed by atoms with Crippen molar-refractivity contribution in [2.75, 3.05) is 0 Å². The predicted octanol–water partition coefficient (Wildman–Crippen LogP) is 0.928. The molecule has 0 unspecified atom stereocenters. The Balaban J connectivity index is 1.97. The maximum Gasteiger partial charge on any atom is 0.326 e. The molecule has 1 heterocycles. The van der Waals surface area contributed by atoms with Crippen molar-refractivity contribution in [2.45, 2.75) is 31.7 Å². The predicted molar refractivity (Wildman–Crippen MR) is 74.4 cm³/mol. The second-order valence-electron chi connectivity index (χ2n) is 4.46. The van der Waals surface area contributed by atoms with E-state index >= 15 is 0 Å². The van der Waals surface area contributed by atoms with Gasteiger partial charge in [0.1, 0.15) is 12.3 Å². The molecule has 6 heteroatoms. The van der Waals surface area contributed by atoms with E-state index in [1.165, 1.54) is 4.90 Å². The molecule has 0 bridgehead atoms. The van der Waals surface area contributed by atoms with Gasteiger partial charge in [0.15, 0.2) is 5.11 Å². The van der Waals surface area contributed by atoms with Crippen LogP contribution in [-0.4, -0.2) is 38.5 Å². The lowest BCUT2D eigenvalue weighted by Crippen LogP contribution is -2.49. The number of hydrogen-bond acceptors (Lipinski definition) is 3. The minimum absolute atomic E-state index is 0.279. The van der Waals surface area contributed by atoms with Gasteiger partial charge in [0.25, 0.3) is 0 Å². The van der Waals surface area contributed by atoms with Gasteiger partial charge in [0.2, 0.25) is 0 Å². The second kappa shape index (κ2) is 5.99. The highest BCUT2D eigenvalue weighted by Gasteiger charge is 2.38. The number of nitrogens with one attached hydrogen (secondary N) is 1. The molecule has 2 rings (SSSR count). The molecule has 0 aliphatic carbocycles. The molecule has 0 aromatic heterocycles. The number of nitrogens with zero attached hydrogens (tertiary/aromatic N) is 1. The van der Waals surface area contributed by atoms with E-state index in [2.05, 4.69) is 5.32 Å². The van der Waals surface area contributed by atoms with E-state index in [9.17, 15) is 9.90 Å². The van der Waals surface area contributed by atoms with Gasteiger partial charge in [-0.25, -0.2) is 4.79 Å². The molecule has 0 radical (unpaired) electrons. The number of aliphatic carboxylic acids is 1. The third-order valence-corrected chi connectivity index (χ3v) is 3.52. The molecule has 1 aliphatic heterocycles. The topological polar surface area (TPSA) is 72.8 Å². The van der Waals surface area contributed by atoms with Gasteiger partial charge in [-0.15, -0.1) is 0 Å². The Hall–Kier alpha value is -1.66. The van der Waals surface area contributed by atoms with Crippen LogP contribution in [0.5, 0.6) is 0 Å². The first-order chi connectivity index (χ1) is 9.09. The lowest BCUT2D eigenvalue weighted by atomic mass is 10.2. The van der Waals surface area contributed by atoms with Crippen molar-refractivity contribution in [1.29, 1.82) is 0 Å². The highest BCUT2D eigenvalue weighted by Crippen LogP contribution is 2.22. The van der Waals surface area contributed by atoms with Crippen molar-refractivity contribution >= 4 is 23.3 Å². The molecular formula is C13H16N2O3S. The Morgan fingerprint density at radius 3 is 2.68 bits per heavy atom. The molecule has 2 atom stereocenters. The van der Waals surface area contributed by atoms with Crippen LogP contribution < -0.4 is 5.32 Å². The van der Waals surface area contributed by atoms with Crippen molar-refractivity contribution in [3.05, 3.63) is 35.9 Å². The van der Waals surface area contributed by atoms with Crippen LogP contribution in [0.15, 0.2) is 30.3 Å². The van der Waals surface area contributed by atoms with Crippen molar-refractivity contribution in [3.63, 3.8) is 0 Å². The molecule has 1 saturated heterocycles. The van der Waals surface area contributed by atoms with Gasteiger partial charge in [-0.05, 0) is 30.6 Å². The smallest absolute Gasteiger partial charge is 0.326 e. The summed E-state index contributed by atoms with van der Waals surface area (Å²) in [7, 11) is 0. The van der Waals surface area contributed by atoms with Gasteiger partial charge in [-0.1, -0.05) is 30.3 Å². The SMILES string of the molecule is O=C(O)[C@H]1CC[C@@H](O)N1C(=S)NCc1ccccc1. The Bertz CT molecular complexity index is 466. The normalized spacial score (nSPS) is 22.3. The highest BCUT2D eigenvalue weighted by molar-refractivity contribution is 7.80. The summed E-state index contributed by atoms with van der Waals surface area (Å²) in [6.07, 6.45) is 0.00482. The quantitative estimate of drug-likeness (QED) is 0.715. The molecular weight excluding hydrogens is 264 g/mol. The van der Waals surface area contributed by atoms with Crippen LogP contribution >= 0.6 is 12.2 Å². The van der Waals surface area contributed by atoms with Crippen LogP contribution in [-0.2, 0) is 11.3 Å². The van der Waals surface area contributed by atoms with Gasteiger partial charge in [0, 0.05) is 6.54 Å². The zero-order valence-electron chi connectivity index (χ0n) is 10.3. The number of rotatable bonds is 3. The van der Waals surface area contributed by atoms with Crippen LogP contribution in [0.1, 0.15) is 18.4 Å². The van der Waals surface area contributed by atoms with Crippen molar-refractivity contribution < 1.29 is 15.0 Å². The summed E-state index contributed by atoms with van der Waals surface area (Å²) in [5.74, 6) is -0.958. The van der Waals surface area contributed by atoms with Crippen LogP contribution in [0, 0.1) is 0 Å². The lowest BCUT2D eigenvalue weighted by molar-refractivity contribution is -0.142. The molecule has 1 aliphatic rings. The average molecular weight is 280 g/mol. The van der Waals surface area contributed by atoms with E-state index < -0.39 is 18.2 Å². The van der Waals surface area contributed by atoms with Gasteiger partial charge >= 0.3 is 5.97 Å². The van der Waals surface area contributed by atoms with Crippen LogP contribution in [0.25, 0.3) is 0 Å². The van der Waals surface area contributed by atoms with E-state index in [-0.39, 0.29) is 5.11 Å². The summed E-state index contributed by atoms with van der Waals surface area (Å²) >= 11 is 5.18. The lowest BCUT2D eigenvalue weighted by Gasteiger charge is -2.27. The number of likely N-dealkylation sites (tertiary alicyclic amines) is 1. The molecule has 0 spiro atoms. The average Bonchev–Trinajstić information content (AvgIpc) is 2.79. The van der Waals surface area contributed by atoms with E-state index in [4.69, 9.17) is 17.3 Å². The summed E-state index contributed by atoms with van der Waals surface area (Å²) in [6.45, 7) is 0.509. The van der Waals surface area contributed by atoms with Gasteiger partial charge in [-0.3, -0.25) is 0 Å². The van der Waals surface area contributed by atoms with E-state index in [1.807, 2.05) is 30.3 Å². The fraction of sp³-hybridized carbons (Fsp3) is 0.385. The molecule has 19 heavy (non-hydrogen) atoms. The number of thiocarbonyl (C=S) groups is 1. The van der Waals surface area contributed by atoms with E-state index in [0.717, 1.165) is 5.56 Å². The largest absolute Gasteiger partial charge is 0.480 e. The Kier molecular flexibility index (Phi) is 4.34. The Morgan fingerprint density at radius 2 is 2.05 bits per heavy atom. The van der Waals surface area contributed by atoms with Crippen LogP contribution in [0.2, 0.25) is 0 Å². The van der Waals surface area contributed by atoms with Crippen molar-refractivity contribution in [3.8, 4) is 0 Å². The summed E-state index contributed by atoms with van der Waals surface area (Å²) in [4.78, 5) is 12.5. The van der Waals surface area contributed by atoms with Crippen molar-refractivity contribution in [2.24, 2.45) is 0 Å². The fourth-order valence-electron chi connectivity index (χ4n) is 2.18. The molecule has 0 amide bonds. The molecule has 3 N–H and O–H groups in total. The zero-order chi connectivity index (χ0) is 13.8. The Morgan fingerprint density at radius 1 is 1.37 bits per heavy atom. The minimum atomic E-state index is -0.958. The Labute approximate surface area is 116 Å². The number of aliphatic hydroxyl groups is 1. The number of benzene rings is 1. The van der Waals surface area contributed by atoms with Crippen molar-refractivity contribution in [1.82, 2.24) is 10.2 Å². The summed E-state index contributed by atoms with van der Waals surface area (Å²) < 4.78 is 0. The number of carbonyl (C=O) groups is 1. The summed E-state index contributed by atoms with van der Waals surface area (Å²) in [5, 5.41) is 22.2. The van der Waals surface area contributed by atoms with E-state index in [1.54, 1.807) is 0 Å². The molecule has 5 nitrogen and oxygen atoms in total. The van der Waals surface area contributed by atoms with Gasteiger partial charge in [-0.2, -0.15) is 0 Å². The summed E-state index contributed by atoms with van der Waals surface area (Å²) in [5.41, 5.74) is 1.05. The minimum Gasteiger partial charge on any atom is -0.480 e. The standard InChI is InChI=1S/C13H16N2O3S/c16-11-7-6-10(12(17)18)15(11)13(19)14-8-9-4-2-1-3-5-9/h1-5,10-11,16H,6-8H2,(H,14,19)(H,17,18)/t10-,11-/m1/s1. The first-order valence-corrected chi connectivity index (χ1v) is 6.51. The molecule has 1 aromatic carbocycles. The molecule has 1 fully saturated rings. The van der Waals surface area contributed by atoms with Gasteiger partial charge < -0.3 is 20.4 Å². The fourth-order valence-corrected chi connectivity index (χ4v) is 2.50. The number of aliphatic hydroxyl groups excluding tert-OH is 1. The number of carboxylic acids is 1.